The molecule has 0 aliphatic carbocycles. The van der Waals surface area contributed by atoms with Gasteiger partial charge < -0.3 is 19.0 Å². The molecule has 1 aromatic heterocycles. The highest BCUT2D eigenvalue weighted by Gasteiger charge is 2.18. The second kappa shape index (κ2) is 9.69. The van der Waals surface area contributed by atoms with Crippen molar-refractivity contribution in [2.24, 2.45) is 10.9 Å². The molecule has 3 rings (SSSR count). The molecule has 0 spiro atoms. The third-order valence-corrected chi connectivity index (χ3v) is 5.16. The summed E-state index contributed by atoms with van der Waals surface area (Å²) >= 11 is 0. The number of benzene rings is 2. The molecule has 6 nitrogen and oxygen atoms in total. The standard InChI is InChI=1S/C25H29NO5/c1-6-16-7-9-21-18(12-16)19(26-20(25(27)28)11-15(2)3)14-23(31-21)17-8-10-22(29-4)24(13-17)30-5/h7-10,12-15,20H,6,11H2,1-5H3,(H,27,28)/t20-/m0/s1. The van der Waals surface area contributed by atoms with Crippen LogP contribution in [0.15, 0.2) is 51.9 Å². The van der Waals surface area contributed by atoms with Crippen molar-refractivity contribution in [2.75, 3.05) is 14.2 Å². The van der Waals surface area contributed by atoms with Crippen LogP contribution in [0.1, 0.15) is 32.8 Å². The molecule has 2 aromatic carbocycles. The lowest BCUT2D eigenvalue weighted by Gasteiger charge is -2.12. The number of hydrogen-bond donors (Lipinski definition) is 1. The Bertz CT molecular complexity index is 1150. The lowest BCUT2D eigenvalue weighted by molar-refractivity contribution is -0.138. The van der Waals surface area contributed by atoms with Gasteiger partial charge in [0.2, 0.25) is 0 Å². The molecule has 0 aliphatic rings. The smallest absolute Gasteiger partial charge is 0.328 e. The van der Waals surface area contributed by atoms with E-state index < -0.39 is 12.0 Å². The van der Waals surface area contributed by atoms with E-state index in [-0.39, 0.29) is 5.92 Å². The number of hydrogen-bond acceptors (Lipinski definition) is 5. The van der Waals surface area contributed by atoms with Crippen LogP contribution in [0.3, 0.4) is 0 Å². The van der Waals surface area contributed by atoms with Crippen LogP contribution >= 0.6 is 0 Å². The fourth-order valence-electron chi connectivity index (χ4n) is 3.50. The minimum absolute atomic E-state index is 0.209. The summed E-state index contributed by atoms with van der Waals surface area (Å²) in [6.07, 6.45) is 1.32. The number of carboxylic acid groups (broad SMARTS) is 1. The van der Waals surface area contributed by atoms with Gasteiger partial charge in [0, 0.05) is 17.0 Å². The van der Waals surface area contributed by atoms with Crippen LogP contribution < -0.4 is 14.8 Å². The second-order valence-corrected chi connectivity index (χ2v) is 7.86. The third-order valence-electron chi connectivity index (χ3n) is 5.16. The maximum atomic E-state index is 11.9. The first kappa shape index (κ1) is 22.4. The highest BCUT2D eigenvalue weighted by atomic mass is 16.5. The summed E-state index contributed by atoms with van der Waals surface area (Å²) in [7, 11) is 3.16. The summed E-state index contributed by atoms with van der Waals surface area (Å²) < 4.78 is 16.9. The lowest BCUT2D eigenvalue weighted by Crippen LogP contribution is -2.23. The van der Waals surface area contributed by atoms with E-state index in [4.69, 9.17) is 13.9 Å². The van der Waals surface area contributed by atoms with Crippen molar-refractivity contribution >= 4 is 16.9 Å². The number of methoxy groups -OCH3 is 2. The first-order chi connectivity index (χ1) is 14.9. The number of aryl methyl sites for hydroxylation is 1. The Kier molecular flexibility index (Phi) is 7.00. The summed E-state index contributed by atoms with van der Waals surface area (Å²) in [4.78, 5) is 16.5. The Balaban J connectivity index is 2.26. The number of carboxylic acids is 1. The highest BCUT2D eigenvalue weighted by Crippen LogP contribution is 2.33. The van der Waals surface area contributed by atoms with E-state index in [1.54, 1.807) is 20.3 Å². The predicted octanol–water partition coefficient (Wildman–Crippen LogP) is 5.08. The van der Waals surface area contributed by atoms with Gasteiger partial charge >= 0.3 is 5.97 Å². The van der Waals surface area contributed by atoms with Gasteiger partial charge in [0.1, 0.15) is 17.4 Å². The molecule has 3 aromatic rings. The topological polar surface area (TPSA) is 81.3 Å². The molecule has 164 valence electrons. The molecule has 0 radical (unpaired) electrons. The molecule has 1 heterocycles. The molecule has 0 saturated carbocycles. The fourth-order valence-corrected chi connectivity index (χ4v) is 3.50. The van der Waals surface area contributed by atoms with E-state index in [1.807, 2.05) is 50.2 Å². The molecule has 0 aliphatic heterocycles. The molecule has 1 N–H and O–H groups in total. The van der Waals surface area contributed by atoms with Crippen LogP contribution in [-0.4, -0.2) is 31.3 Å². The highest BCUT2D eigenvalue weighted by molar-refractivity contribution is 5.80. The average molecular weight is 424 g/mol. The molecule has 0 fully saturated rings. The lowest BCUT2D eigenvalue weighted by atomic mass is 10.0. The Morgan fingerprint density at radius 2 is 1.81 bits per heavy atom. The van der Waals surface area contributed by atoms with E-state index in [2.05, 4.69) is 11.9 Å². The predicted molar refractivity (Wildman–Crippen MR) is 121 cm³/mol. The van der Waals surface area contributed by atoms with Crippen molar-refractivity contribution in [3.63, 3.8) is 0 Å². The van der Waals surface area contributed by atoms with Gasteiger partial charge in [-0.2, -0.15) is 0 Å². The summed E-state index contributed by atoms with van der Waals surface area (Å²) in [5.74, 6) is 1.05. The van der Waals surface area contributed by atoms with Crippen molar-refractivity contribution in [1.82, 2.24) is 0 Å². The van der Waals surface area contributed by atoms with Gasteiger partial charge in [-0.1, -0.05) is 26.8 Å². The number of nitrogens with zero attached hydrogens (tertiary/aromatic N) is 1. The van der Waals surface area contributed by atoms with Gasteiger partial charge in [-0.05, 0) is 54.7 Å². The summed E-state index contributed by atoms with van der Waals surface area (Å²) in [5.41, 5.74) is 2.57. The van der Waals surface area contributed by atoms with Crippen LogP contribution in [0.2, 0.25) is 0 Å². The van der Waals surface area contributed by atoms with Crippen LogP contribution in [0.4, 0.5) is 0 Å². The number of aliphatic carboxylic acids is 1. The number of carbonyl (C=O) groups is 1. The average Bonchev–Trinajstić information content (AvgIpc) is 2.77. The van der Waals surface area contributed by atoms with Gasteiger partial charge in [-0.25, -0.2) is 4.79 Å². The quantitative estimate of drug-likeness (QED) is 0.546. The first-order valence-electron chi connectivity index (χ1n) is 10.4. The van der Waals surface area contributed by atoms with E-state index in [0.29, 0.717) is 34.6 Å². The Morgan fingerprint density at radius 3 is 2.42 bits per heavy atom. The van der Waals surface area contributed by atoms with Gasteiger partial charge in [0.05, 0.1) is 19.6 Å². The monoisotopic (exact) mass is 423 g/mol. The Labute approximate surface area is 182 Å². The van der Waals surface area contributed by atoms with Gasteiger partial charge in [0.15, 0.2) is 11.5 Å². The van der Waals surface area contributed by atoms with Crippen molar-refractivity contribution in [3.8, 4) is 22.8 Å². The maximum Gasteiger partial charge on any atom is 0.328 e. The van der Waals surface area contributed by atoms with Gasteiger partial charge in [-0.15, -0.1) is 0 Å². The van der Waals surface area contributed by atoms with Crippen molar-refractivity contribution < 1.29 is 23.8 Å². The summed E-state index contributed by atoms with van der Waals surface area (Å²) in [5, 5.41) is 11.1. The fraction of sp³-hybridized carbons (Fsp3) is 0.360. The molecule has 0 bridgehead atoms. The second-order valence-electron chi connectivity index (χ2n) is 7.86. The van der Waals surface area contributed by atoms with Gasteiger partial charge in [-0.3, -0.25) is 4.99 Å². The van der Waals surface area contributed by atoms with Crippen LogP contribution in [0.25, 0.3) is 22.3 Å². The SMILES string of the molecule is CCc1ccc2oc(-c3ccc(OC)c(OC)c3)cc(=N[C@@H](CC(C)C)C(=O)O)c2c1. The summed E-state index contributed by atoms with van der Waals surface area (Å²) in [6.45, 7) is 6.06. The molecule has 0 unspecified atom stereocenters. The number of rotatable bonds is 8. The molecular formula is C25H29NO5. The van der Waals surface area contributed by atoms with Crippen molar-refractivity contribution in [3.05, 3.63) is 53.4 Å². The minimum atomic E-state index is -0.929. The zero-order valence-corrected chi connectivity index (χ0v) is 18.6. The molecule has 31 heavy (non-hydrogen) atoms. The van der Waals surface area contributed by atoms with E-state index >= 15 is 0 Å². The van der Waals surface area contributed by atoms with E-state index in [9.17, 15) is 9.90 Å². The van der Waals surface area contributed by atoms with Crippen molar-refractivity contribution in [2.45, 2.75) is 39.7 Å². The molecular weight excluding hydrogens is 394 g/mol. The Morgan fingerprint density at radius 1 is 1.06 bits per heavy atom. The zero-order chi connectivity index (χ0) is 22.5. The minimum Gasteiger partial charge on any atom is -0.493 e. The molecule has 0 amide bonds. The normalized spacial score (nSPS) is 12.9. The van der Waals surface area contributed by atoms with Crippen LogP contribution in [0, 0.1) is 5.92 Å². The van der Waals surface area contributed by atoms with Crippen LogP contribution in [0.5, 0.6) is 11.5 Å². The molecule has 6 heteroatoms. The first-order valence-corrected chi connectivity index (χ1v) is 10.4. The van der Waals surface area contributed by atoms with E-state index in [1.165, 1.54) is 0 Å². The summed E-state index contributed by atoms with van der Waals surface area (Å²) in [6, 6.07) is 12.4. The molecule has 1 atom stereocenters. The largest absolute Gasteiger partial charge is 0.493 e. The number of fused-ring (bicyclic) bond motifs is 1. The Hall–Kier alpha value is -3.28. The number of ether oxygens (including phenoxy) is 2. The molecule has 0 saturated heterocycles. The third kappa shape index (κ3) is 5.08. The maximum absolute atomic E-state index is 11.9. The van der Waals surface area contributed by atoms with Crippen molar-refractivity contribution in [1.29, 1.82) is 0 Å². The van der Waals surface area contributed by atoms with Crippen LogP contribution in [-0.2, 0) is 11.2 Å². The zero-order valence-electron chi connectivity index (χ0n) is 18.6. The van der Waals surface area contributed by atoms with Gasteiger partial charge in [0.25, 0.3) is 0 Å². The van der Waals surface area contributed by atoms with E-state index in [0.717, 1.165) is 22.9 Å².